The Labute approximate surface area is 78.9 Å². The van der Waals surface area contributed by atoms with E-state index in [1.165, 1.54) is 17.5 Å². The van der Waals surface area contributed by atoms with Gasteiger partial charge in [0.1, 0.15) is 6.42 Å². The molecule has 0 aliphatic heterocycles. The van der Waals surface area contributed by atoms with Crippen LogP contribution < -0.4 is 0 Å². The molecule has 0 saturated heterocycles. The van der Waals surface area contributed by atoms with Gasteiger partial charge in [-0.3, -0.25) is 4.79 Å². The van der Waals surface area contributed by atoms with E-state index in [2.05, 4.69) is 16.8 Å². The summed E-state index contributed by atoms with van der Waals surface area (Å²) in [6, 6.07) is 0. The lowest BCUT2D eigenvalue weighted by Gasteiger charge is -1.79. The maximum atomic E-state index is 10.1. The molecule has 0 amide bonds. The van der Waals surface area contributed by atoms with Crippen LogP contribution in [0.25, 0.3) is 0 Å². The minimum absolute atomic E-state index is 0.0573. The molecule has 5 heteroatoms. The molecule has 1 aromatic rings. The summed E-state index contributed by atoms with van der Waals surface area (Å²) in [5, 5.41) is 17.5. The number of carboxylic acid groups (broad SMARTS) is 1. The first kappa shape index (κ1) is 9.71. The molecule has 1 rings (SSSR count). The molecule has 13 heavy (non-hydrogen) atoms. The number of carboxylic acids is 1. The van der Waals surface area contributed by atoms with Crippen LogP contribution in [0.4, 0.5) is 0 Å². The normalized spacial score (nSPS) is 9.00. The number of thiazole rings is 1. The number of aliphatic carboxylic acids is 1. The van der Waals surface area contributed by atoms with Gasteiger partial charge in [0.05, 0.1) is 11.5 Å². The monoisotopic (exact) mass is 197 g/mol. The molecule has 4 nitrogen and oxygen atoms in total. The molecule has 0 aromatic carbocycles. The largest absolute Gasteiger partial charge is 0.481 e. The van der Waals surface area contributed by atoms with Crippen LogP contribution in [0.15, 0.2) is 6.20 Å². The maximum Gasteiger partial charge on any atom is 0.315 e. The molecule has 0 aliphatic rings. The van der Waals surface area contributed by atoms with Crippen molar-refractivity contribution < 1.29 is 15.0 Å². The van der Waals surface area contributed by atoms with Crippen molar-refractivity contribution in [1.29, 1.82) is 0 Å². The lowest BCUT2D eigenvalue weighted by atomic mass is 10.4. The highest BCUT2D eigenvalue weighted by Crippen LogP contribution is 2.10. The number of hydrogen-bond donors (Lipinski definition) is 2. The average Bonchev–Trinajstić information content (AvgIpc) is 2.52. The topological polar surface area (TPSA) is 70.4 Å². The molecule has 68 valence electrons. The van der Waals surface area contributed by atoms with E-state index < -0.39 is 5.97 Å². The van der Waals surface area contributed by atoms with E-state index in [0.29, 0.717) is 5.01 Å². The zero-order valence-electron chi connectivity index (χ0n) is 6.65. The van der Waals surface area contributed by atoms with E-state index in [0.717, 1.165) is 4.88 Å². The molecule has 0 atom stereocenters. The highest BCUT2D eigenvalue weighted by atomic mass is 32.1. The minimum Gasteiger partial charge on any atom is -0.481 e. The third kappa shape index (κ3) is 3.23. The van der Waals surface area contributed by atoms with Gasteiger partial charge in [-0.15, -0.1) is 11.3 Å². The first-order chi connectivity index (χ1) is 6.22. The number of aliphatic hydroxyl groups excluding tert-OH is 1. The van der Waals surface area contributed by atoms with Gasteiger partial charge in [0.2, 0.25) is 0 Å². The van der Waals surface area contributed by atoms with E-state index in [1.54, 1.807) is 0 Å². The number of rotatable bonds is 2. The maximum absolute atomic E-state index is 10.1. The highest BCUT2D eigenvalue weighted by Gasteiger charge is 1.96. The summed E-state index contributed by atoms with van der Waals surface area (Å²) in [7, 11) is 0. The molecule has 0 saturated carbocycles. The molecule has 0 radical (unpaired) electrons. The van der Waals surface area contributed by atoms with Gasteiger partial charge < -0.3 is 10.2 Å². The van der Waals surface area contributed by atoms with Gasteiger partial charge >= 0.3 is 5.97 Å². The van der Waals surface area contributed by atoms with Gasteiger partial charge in [-0.1, -0.05) is 5.92 Å². The predicted octanol–water partition coefficient (Wildman–Crippen LogP) is 0.462. The molecular formula is C8H7NO3S. The van der Waals surface area contributed by atoms with Crippen molar-refractivity contribution in [3.05, 3.63) is 16.1 Å². The zero-order valence-corrected chi connectivity index (χ0v) is 7.47. The lowest BCUT2D eigenvalue weighted by molar-refractivity contribution is -0.135. The summed E-state index contributed by atoms with van der Waals surface area (Å²) >= 11 is 1.26. The quantitative estimate of drug-likeness (QED) is 0.676. The SMILES string of the molecule is O=C(O)CC#Cc1ncc(CO)s1. The lowest BCUT2D eigenvalue weighted by Crippen LogP contribution is -1.90. The summed E-state index contributed by atoms with van der Waals surface area (Å²) in [6.07, 6.45) is 1.34. The Bertz CT molecular complexity index is 361. The third-order valence-corrected chi connectivity index (χ3v) is 2.04. The summed E-state index contributed by atoms with van der Waals surface area (Å²) in [5.41, 5.74) is 0. The van der Waals surface area contributed by atoms with Crippen LogP contribution in [0.2, 0.25) is 0 Å². The van der Waals surface area contributed by atoms with Crippen molar-refractivity contribution >= 4 is 17.3 Å². The molecule has 0 spiro atoms. The minimum atomic E-state index is -0.952. The van der Waals surface area contributed by atoms with Crippen molar-refractivity contribution in [3.63, 3.8) is 0 Å². The molecule has 1 aromatic heterocycles. The van der Waals surface area contributed by atoms with Crippen LogP contribution >= 0.6 is 11.3 Å². The van der Waals surface area contributed by atoms with Gasteiger partial charge in [-0.2, -0.15) is 0 Å². The Morgan fingerprint density at radius 3 is 3.00 bits per heavy atom. The van der Waals surface area contributed by atoms with E-state index in [9.17, 15) is 4.79 Å². The summed E-state index contributed by atoms with van der Waals surface area (Å²) < 4.78 is 0. The number of hydrogen-bond acceptors (Lipinski definition) is 4. The smallest absolute Gasteiger partial charge is 0.315 e. The van der Waals surface area contributed by atoms with Crippen LogP contribution in [0.5, 0.6) is 0 Å². The van der Waals surface area contributed by atoms with E-state index >= 15 is 0 Å². The number of aromatic nitrogens is 1. The number of carbonyl (C=O) groups is 1. The first-order valence-corrected chi connectivity index (χ1v) is 4.30. The van der Waals surface area contributed by atoms with Gasteiger partial charge in [-0.25, -0.2) is 4.98 Å². The fourth-order valence-corrected chi connectivity index (χ4v) is 1.28. The van der Waals surface area contributed by atoms with Crippen LogP contribution in [-0.4, -0.2) is 21.2 Å². The van der Waals surface area contributed by atoms with E-state index in [-0.39, 0.29) is 13.0 Å². The average molecular weight is 197 g/mol. The van der Waals surface area contributed by atoms with Crippen molar-refractivity contribution in [3.8, 4) is 11.8 Å². The predicted molar refractivity (Wildman–Crippen MR) is 47.2 cm³/mol. The Hall–Kier alpha value is -1.38. The van der Waals surface area contributed by atoms with Crippen LogP contribution in [-0.2, 0) is 11.4 Å². The molecule has 0 unspecified atom stereocenters. The molecule has 0 fully saturated rings. The Balaban J connectivity index is 2.61. The Kier molecular flexibility index (Phi) is 3.43. The molecular weight excluding hydrogens is 190 g/mol. The molecule has 0 bridgehead atoms. The highest BCUT2D eigenvalue weighted by molar-refractivity contribution is 7.12. The van der Waals surface area contributed by atoms with Crippen LogP contribution in [0.3, 0.4) is 0 Å². The Morgan fingerprint density at radius 1 is 1.69 bits per heavy atom. The number of aliphatic hydroxyl groups is 1. The second-order valence-corrected chi connectivity index (χ2v) is 3.28. The van der Waals surface area contributed by atoms with Crippen LogP contribution in [0, 0.1) is 11.8 Å². The second-order valence-electron chi connectivity index (χ2n) is 2.16. The fourth-order valence-electron chi connectivity index (χ4n) is 0.634. The van der Waals surface area contributed by atoms with E-state index in [1.807, 2.05) is 0 Å². The van der Waals surface area contributed by atoms with Gasteiger partial charge in [0.25, 0.3) is 0 Å². The summed E-state index contributed by atoms with van der Waals surface area (Å²) in [5.74, 6) is 4.10. The summed E-state index contributed by atoms with van der Waals surface area (Å²) in [4.78, 5) is 14.7. The second kappa shape index (κ2) is 4.60. The summed E-state index contributed by atoms with van der Waals surface area (Å²) in [6.45, 7) is -0.0573. The standard InChI is InChI=1S/C8H7NO3S/c10-5-6-4-9-7(13-6)2-1-3-8(11)12/h4,10H,3,5H2,(H,11,12). The van der Waals surface area contributed by atoms with E-state index in [4.69, 9.17) is 10.2 Å². The molecule has 2 N–H and O–H groups in total. The fraction of sp³-hybridized carbons (Fsp3) is 0.250. The van der Waals surface area contributed by atoms with Crippen LogP contribution in [0.1, 0.15) is 16.3 Å². The van der Waals surface area contributed by atoms with Crippen molar-refractivity contribution in [2.75, 3.05) is 0 Å². The van der Waals surface area contributed by atoms with Gasteiger partial charge in [0.15, 0.2) is 5.01 Å². The third-order valence-electron chi connectivity index (χ3n) is 1.14. The van der Waals surface area contributed by atoms with Crippen molar-refractivity contribution in [2.45, 2.75) is 13.0 Å². The van der Waals surface area contributed by atoms with Crippen molar-refractivity contribution in [2.24, 2.45) is 0 Å². The first-order valence-electron chi connectivity index (χ1n) is 3.48. The van der Waals surface area contributed by atoms with Gasteiger partial charge in [0, 0.05) is 6.20 Å². The Morgan fingerprint density at radius 2 is 2.46 bits per heavy atom. The number of nitrogens with zero attached hydrogens (tertiary/aromatic N) is 1. The van der Waals surface area contributed by atoms with Crippen molar-refractivity contribution in [1.82, 2.24) is 4.98 Å². The molecule has 1 heterocycles. The zero-order chi connectivity index (χ0) is 9.68. The molecule has 0 aliphatic carbocycles. The van der Waals surface area contributed by atoms with Gasteiger partial charge in [-0.05, 0) is 5.92 Å².